The van der Waals surface area contributed by atoms with Gasteiger partial charge in [-0.3, -0.25) is 0 Å². The zero-order valence-electron chi connectivity index (χ0n) is 10.9. The molecule has 0 spiro atoms. The van der Waals surface area contributed by atoms with E-state index in [4.69, 9.17) is 4.74 Å². The van der Waals surface area contributed by atoms with E-state index >= 15 is 0 Å². The van der Waals surface area contributed by atoms with Gasteiger partial charge in [-0.2, -0.15) is 0 Å². The van der Waals surface area contributed by atoms with E-state index in [1.165, 1.54) is 5.56 Å². The summed E-state index contributed by atoms with van der Waals surface area (Å²) in [6, 6.07) is 6.07. The smallest absolute Gasteiger partial charge is 0.142 e. The maximum absolute atomic E-state index is 12.2. The van der Waals surface area contributed by atoms with Gasteiger partial charge in [0.1, 0.15) is 19.0 Å². The molecule has 1 saturated heterocycles. The Kier molecular flexibility index (Phi) is 4.81. The molecule has 0 aromatic heterocycles. The van der Waals surface area contributed by atoms with Crippen LogP contribution in [-0.4, -0.2) is 39.5 Å². The largest absolute Gasteiger partial charge is 0.489 e. The quantitative estimate of drug-likeness (QED) is 0.888. The molecular weight excluding hydrogens is 231 g/mol. The molecule has 0 saturated carbocycles. The summed E-state index contributed by atoms with van der Waals surface area (Å²) in [5.41, 5.74) is 2.29. The summed E-state index contributed by atoms with van der Waals surface area (Å²) in [5.74, 6) is 0.792. The summed E-state index contributed by atoms with van der Waals surface area (Å²) in [4.78, 5) is 2.32. The van der Waals surface area contributed by atoms with Crippen molar-refractivity contribution in [2.24, 2.45) is 0 Å². The highest BCUT2D eigenvalue weighted by Crippen LogP contribution is 2.30. The fourth-order valence-electron chi connectivity index (χ4n) is 2.23. The molecule has 0 unspecified atom stereocenters. The topological polar surface area (TPSA) is 24.5 Å². The Bertz CT molecular complexity index is 376. The molecule has 1 aliphatic rings. The van der Waals surface area contributed by atoms with Crippen molar-refractivity contribution in [1.82, 2.24) is 5.32 Å². The van der Waals surface area contributed by atoms with Crippen molar-refractivity contribution < 1.29 is 9.13 Å². The second-order valence-corrected chi connectivity index (χ2v) is 4.60. The van der Waals surface area contributed by atoms with E-state index in [9.17, 15) is 4.39 Å². The first-order chi connectivity index (χ1) is 8.81. The van der Waals surface area contributed by atoms with E-state index in [0.717, 1.165) is 44.0 Å². The number of benzene rings is 1. The minimum absolute atomic E-state index is 0.127. The minimum atomic E-state index is -0.450. The Morgan fingerprint density at radius 3 is 3.06 bits per heavy atom. The molecule has 1 aromatic carbocycles. The first-order valence-electron chi connectivity index (χ1n) is 6.56. The average molecular weight is 252 g/mol. The lowest BCUT2D eigenvalue weighted by atomic mass is 10.2. The third-order valence-corrected chi connectivity index (χ3v) is 3.13. The van der Waals surface area contributed by atoms with Crippen LogP contribution in [0, 0.1) is 6.92 Å². The predicted octanol–water partition coefficient (Wildman–Crippen LogP) is 2.14. The average Bonchev–Trinajstić information content (AvgIpc) is 2.66. The lowest BCUT2D eigenvalue weighted by Crippen LogP contribution is -2.28. The second kappa shape index (κ2) is 6.59. The molecule has 1 heterocycles. The Hall–Kier alpha value is -1.29. The van der Waals surface area contributed by atoms with Gasteiger partial charge in [-0.25, -0.2) is 4.39 Å². The summed E-state index contributed by atoms with van der Waals surface area (Å²) in [6.07, 6.45) is 1.12. The van der Waals surface area contributed by atoms with E-state index in [0.29, 0.717) is 0 Å². The third kappa shape index (κ3) is 3.35. The molecule has 1 aromatic rings. The Labute approximate surface area is 108 Å². The van der Waals surface area contributed by atoms with Crippen molar-refractivity contribution in [2.75, 3.05) is 44.4 Å². The van der Waals surface area contributed by atoms with Crippen molar-refractivity contribution in [3.05, 3.63) is 23.8 Å². The number of nitrogens with one attached hydrogen (secondary N) is 1. The van der Waals surface area contributed by atoms with E-state index in [1.807, 2.05) is 12.1 Å². The highest BCUT2D eigenvalue weighted by Gasteiger charge is 2.14. The summed E-state index contributed by atoms with van der Waals surface area (Å²) in [6.45, 7) is 5.77. The molecule has 3 nitrogen and oxygen atoms in total. The van der Waals surface area contributed by atoms with Crippen LogP contribution in [0.5, 0.6) is 5.75 Å². The van der Waals surface area contributed by atoms with Gasteiger partial charge in [-0.15, -0.1) is 0 Å². The van der Waals surface area contributed by atoms with E-state index in [-0.39, 0.29) is 6.61 Å². The van der Waals surface area contributed by atoms with Gasteiger partial charge in [-0.1, -0.05) is 6.07 Å². The van der Waals surface area contributed by atoms with E-state index in [2.05, 4.69) is 23.2 Å². The van der Waals surface area contributed by atoms with Crippen molar-refractivity contribution in [3.8, 4) is 5.75 Å². The first-order valence-corrected chi connectivity index (χ1v) is 6.56. The standard InChI is InChI=1S/C14H21FN2O/c1-12-3-4-14(18-10-5-15)13(11-12)17-8-2-6-16-7-9-17/h3-4,11,16H,2,5-10H2,1H3. The van der Waals surface area contributed by atoms with Crippen LogP contribution in [0.25, 0.3) is 0 Å². The van der Waals surface area contributed by atoms with Crippen LogP contribution in [0.3, 0.4) is 0 Å². The minimum Gasteiger partial charge on any atom is -0.489 e. The van der Waals surface area contributed by atoms with E-state index in [1.54, 1.807) is 0 Å². The van der Waals surface area contributed by atoms with Crippen LogP contribution >= 0.6 is 0 Å². The molecule has 100 valence electrons. The van der Waals surface area contributed by atoms with Crippen LogP contribution in [0.15, 0.2) is 18.2 Å². The molecule has 1 fully saturated rings. The molecule has 1 N–H and O–H groups in total. The molecule has 18 heavy (non-hydrogen) atoms. The lowest BCUT2D eigenvalue weighted by Gasteiger charge is -2.25. The molecule has 0 radical (unpaired) electrons. The van der Waals surface area contributed by atoms with Crippen molar-refractivity contribution >= 4 is 5.69 Å². The molecule has 0 bridgehead atoms. The Morgan fingerprint density at radius 2 is 2.22 bits per heavy atom. The normalized spacial score (nSPS) is 16.4. The Morgan fingerprint density at radius 1 is 1.33 bits per heavy atom. The highest BCUT2D eigenvalue weighted by atomic mass is 19.1. The molecule has 0 amide bonds. The van der Waals surface area contributed by atoms with Crippen molar-refractivity contribution in [1.29, 1.82) is 0 Å². The number of hydrogen-bond acceptors (Lipinski definition) is 3. The van der Waals surface area contributed by atoms with Gasteiger partial charge in [0.25, 0.3) is 0 Å². The van der Waals surface area contributed by atoms with Gasteiger partial charge in [0, 0.05) is 19.6 Å². The maximum atomic E-state index is 12.2. The number of rotatable bonds is 4. The van der Waals surface area contributed by atoms with Crippen LogP contribution in [0.4, 0.5) is 10.1 Å². The van der Waals surface area contributed by atoms with Gasteiger partial charge in [0.05, 0.1) is 5.69 Å². The fourth-order valence-corrected chi connectivity index (χ4v) is 2.23. The molecular formula is C14H21FN2O. The van der Waals surface area contributed by atoms with Crippen molar-refractivity contribution in [2.45, 2.75) is 13.3 Å². The first kappa shape index (κ1) is 13.1. The summed E-state index contributed by atoms with van der Waals surface area (Å²) < 4.78 is 17.7. The molecule has 2 rings (SSSR count). The zero-order chi connectivity index (χ0) is 12.8. The fraction of sp³-hybridized carbons (Fsp3) is 0.571. The van der Waals surface area contributed by atoms with Gasteiger partial charge in [-0.05, 0) is 37.6 Å². The van der Waals surface area contributed by atoms with Crippen LogP contribution in [0.2, 0.25) is 0 Å². The highest BCUT2D eigenvalue weighted by molar-refractivity contribution is 5.60. The molecule has 0 atom stereocenters. The number of nitrogens with zero attached hydrogens (tertiary/aromatic N) is 1. The number of hydrogen-bond donors (Lipinski definition) is 1. The number of anilines is 1. The Balaban J connectivity index is 2.19. The zero-order valence-corrected chi connectivity index (χ0v) is 10.9. The van der Waals surface area contributed by atoms with Crippen LogP contribution in [-0.2, 0) is 0 Å². The van der Waals surface area contributed by atoms with Gasteiger partial charge in [0.15, 0.2) is 0 Å². The third-order valence-electron chi connectivity index (χ3n) is 3.13. The number of alkyl halides is 1. The predicted molar refractivity (Wildman–Crippen MR) is 72.3 cm³/mol. The number of aryl methyl sites for hydroxylation is 1. The second-order valence-electron chi connectivity index (χ2n) is 4.60. The molecule has 4 heteroatoms. The molecule has 0 aliphatic carbocycles. The van der Waals surface area contributed by atoms with Gasteiger partial charge >= 0.3 is 0 Å². The molecule has 1 aliphatic heterocycles. The van der Waals surface area contributed by atoms with Crippen LogP contribution < -0.4 is 15.0 Å². The lowest BCUT2D eigenvalue weighted by molar-refractivity contribution is 0.273. The number of ether oxygens (including phenoxy) is 1. The number of halogens is 1. The summed E-state index contributed by atoms with van der Waals surface area (Å²) in [7, 11) is 0. The summed E-state index contributed by atoms with van der Waals surface area (Å²) in [5, 5.41) is 3.38. The van der Waals surface area contributed by atoms with Crippen LogP contribution in [0.1, 0.15) is 12.0 Å². The monoisotopic (exact) mass is 252 g/mol. The van der Waals surface area contributed by atoms with E-state index < -0.39 is 6.67 Å². The van der Waals surface area contributed by atoms with Gasteiger partial charge < -0.3 is 15.0 Å². The SMILES string of the molecule is Cc1ccc(OCCF)c(N2CCCNCC2)c1. The van der Waals surface area contributed by atoms with Gasteiger partial charge in [0.2, 0.25) is 0 Å². The maximum Gasteiger partial charge on any atom is 0.142 e. The summed E-state index contributed by atoms with van der Waals surface area (Å²) >= 11 is 0. The van der Waals surface area contributed by atoms with Crippen molar-refractivity contribution in [3.63, 3.8) is 0 Å².